The van der Waals surface area contributed by atoms with Gasteiger partial charge in [0.2, 0.25) is 0 Å². The van der Waals surface area contributed by atoms with Crippen molar-refractivity contribution in [2.24, 2.45) is 0 Å². The lowest BCUT2D eigenvalue weighted by Crippen LogP contribution is -2.28. The van der Waals surface area contributed by atoms with Gasteiger partial charge in [-0.3, -0.25) is 9.59 Å². The summed E-state index contributed by atoms with van der Waals surface area (Å²) in [6, 6.07) is 9.48. The molecule has 0 aliphatic heterocycles. The average Bonchev–Trinajstić information content (AvgIpc) is 3.06. The summed E-state index contributed by atoms with van der Waals surface area (Å²) in [5.41, 5.74) is 0. The molecule has 7 heteroatoms. The number of ether oxygens (including phenoxy) is 1. The van der Waals surface area contributed by atoms with E-state index in [4.69, 9.17) is 9.15 Å². The molecule has 0 radical (unpaired) electrons. The smallest absolute Gasteiger partial charge is 0.307 e. The molecule has 2 rings (SSSR count). The van der Waals surface area contributed by atoms with E-state index in [1.807, 2.05) is 0 Å². The van der Waals surface area contributed by atoms with Crippen LogP contribution in [0.1, 0.15) is 12.2 Å². The van der Waals surface area contributed by atoms with Gasteiger partial charge in [-0.1, -0.05) is 0 Å². The molecular formula is C16H16FNO4S. The number of carbonyl (C=O) groups excluding carboxylic acids is 2. The van der Waals surface area contributed by atoms with Crippen molar-refractivity contribution in [3.8, 4) is 0 Å². The van der Waals surface area contributed by atoms with Crippen LogP contribution in [0, 0.1) is 5.82 Å². The summed E-state index contributed by atoms with van der Waals surface area (Å²) in [7, 11) is 0. The lowest BCUT2D eigenvalue weighted by Gasteiger charge is -2.05. The van der Waals surface area contributed by atoms with Crippen molar-refractivity contribution in [3.63, 3.8) is 0 Å². The predicted molar refractivity (Wildman–Crippen MR) is 83.3 cm³/mol. The average molecular weight is 337 g/mol. The molecule has 1 heterocycles. The zero-order valence-corrected chi connectivity index (χ0v) is 13.1. The molecule has 0 unspecified atom stereocenters. The zero-order valence-electron chi connectivity index (χ0n) is 12.3. The van der Waals surface area contributed by atoms with Crippen LogP contribution in [0.3, 0.4) is 0 Å². The molecule has 2 aromatic rings. The van der Waals surface area contributed by atoms with Crippen LogP contribution in [0.15, 0.2) is 52.0 Å². The highest BCUT2D eigenvalue weighted by Gasteiger charge is 2.08. The largest absolute Gasteiger partial charge is 0.467 e. The molecule has 122 valence electrons. The van der Waals surface area contributed by atoms with E-state index in [1.54, 1.807) is 24.3 Å². The normalized spacial score (nSPS) is 10.3. The summed E-state index contributed by atoms with van der Waals surface area (Å²) in [6.07, 6.45) is 1.69. The fourth-order valence-electron chi connectivity index (χ4n) is 1.65. The highest BCUT2D eigenvalue weighted by Crippen LogP contribution is 2.18. The number of amides is 1. The topological polar surface area (TPSA) is 68.5 Å². The number of thioether (sulfide) groups is 1. The van der Waals surface area contributed by atoms with Crippen LogP contribution in [-0.2, 0) is 20.9 Å². The number of halogens is 1. The predicted octanol–water partition coefficient (Wildman–Crippen LogP) is 2.76. The third-order valence-electron chi connectivity index (χ3n) is 2.79. The highest BCUT2D eigenvalue weighted by molar-refractivity contribution is 7.99. The lowest BCUT2D eigenvalue weighted by atomic mass is 10.4. The van der Waals surface area contributed by atoms with Gasteiger partial charge in [0.05, 0.1) is 19.2 Å². The second kappa shape index (κ2) is 8.99. The van der Waals surface area contributed by atoms with Gasteiger partial charge in [0, 0.05) is 10.6 Å². The Balaban J connectivity index is 1.57. The fraction of sp³-hybridized carbons (Fsp3) is 0.250. The van der Waals surface area contributed by atoms with Gasteiger partial charge >= 0.3 is 5.97 Å². The minimum Gasteiger partial charge on any atom is -0.467 e. The van der Waals surface area contributed by atoms with E-state index in [9.17, 15) is 14.0 Å². The van der Waals surface area contributed by atoms with Crippen molar-refractivity contribution in [2.45, 2.75) is 17.9 Å². The second-order valence-electron chi connectivity index (χ2n) is 4.57. The standard InChI is InChI=1S/C16H16FNO4S/c17-12-3-5-14(6-4-12)23-9-7-16(20)22-11-15(19)18-10-13-2-1-8-21-13/h1-6,8H,7,9-11H2,(H,18,19). The Bertz CT molecular complexity index is 628. The molecule has 0 saturated carbocycles. The van der Waals surface area contributed by atoms with E-state index in [0.29, 0.717) is 11.5 Å². The summed E-state index contributed by atoms with van der Waals surface area (Å²) in [6.45, 7) is -0.0649. The van der Waals surface area contributed by atoms with Crippen molar-refractivity contribution < 1.29 is 23.1 Å². The minimum atomic E-state index is -0.451. The first-order valence-corrected chi connectivity index (χ1v) is 7.95. The van der Waals surface area contributed by atoms with Gasteiger partial charge in [-0.15, -0.1) is 11.8 Å². The SMILES string of the molecule is O=C(COC(=O)CCSc1ccc(F)cc1)NCc1ccco1. The molecule has 1 amide bonds. The Morgan fingerprint density at radius 1 is 1.22 bits per heavy atom. The van der Waals surface area contributed by atoms with Crippen molar-refractivity contribution >= 4 is 23.6 Å². The molecule has 0 aliphatic carbocycles. The van der Waals surface area contributed by atoms with Crippen LogP contribution < -0.4 is 5.32 Å². The van der Waals surface area contributed by atoms with Crippen molar-refractivity contribution in [2.75, 3.05) is 12.4 Å². The molecule has 0 atom stereocenters. The Morgan fingerprint density at radius 2 is 2.00 bits per heavy atom. The van der Waals surface area contributed by atoms with E-state index < -0.39 is 5.97 Å². The number of hydrogen-bond acceptors (Lipinski definition) is 5. The number of rotatable bonds is 8. The fourth-order valence-corrected chi connectivity index (χ4v) is 2.48. The third-order valence-corrected chi connectivity index (χ3v) is 3.81. The van der Waals surface area contributed by atoms with Crippen LogP contribution in [0.2, 0.25) is 0 Å². The third kappa shape index (κ3) is 6.56. The number of benzene rings is 1. The molecule has 0 spiro atoms. The molecule has 5 nitrogen and oxygen atoms in total. The summed E-state index contributed by atoms with van der Waals surface area (Å²) < 4.78 is 22.7. The van der Waals surface area contributed by atoms with E-state index in [0.717, 1.165) is 4.90 Å². The Labute approximate surface area is 137 Å². The second-order valence-corrected chi connectivity index (χ2v) is 5.74. The van der Waals surface area contributed by atoms with E-state index >= 15 is 0 Å². The molecule has 0 bridgehead atoms. The van der Waals surface area contributed by atoms with Gasteiger partial charge in [0.25, 0.3) is 5.91 Å². The number of nitrogens with one attached hydrogen (secondary N) is 1. The van der Waals surface area contributed by atoms with Crippen LogP contribution in [0.4, 0.5) is 4.39 Å². The maximum absolute atomic E-state index is 12.7. The molecule has 23 heavy (non-hydrogen) atoms. The maximum Gasteiger partial charge on any atom is 0.307 e. The van der Waals surface area contributed by atoms with Gasteiger partial charge in [0.15, 0.2) is 6.61 Å². The molecule has 1 aromatic carbocycles. The van der Waals surface area contributed by atoms with E-state index in [-0.39, 0.29) is 31.3 Å². The molecule has 1 aromatic heterocycles. The number of hydrogen-bond donors (Lipinski definition) is 1. The van der Waals surface area contributed by atoms with Gasteiger partial charge in [-0.2, -0.15) is 0 Å². The summed E-state index contributed by atoms with van der Waals surface area (Å²) in [4.78, 5) is 23.9. The zero-order chi connectivity index (χ0) is 16.5. The van der Waals surface area contributed by atoms with Gasteiger partial charge in [0.1, 0.15) is 11.6 Å². The summed E-state index contributed by atoms with van der Waals surface area (Å²) in [5.74, 6) is -0.0123. The summed E-state index contributed by atoms with van der Waals surface area (Å²) >= 11 is 1.42. The first-order valence-electron chi connectivity index (χ1n) is 6.96. The quantitative estimate of drug-likeness (QED) is 0.592. The summed E-state index contributed by atoms with van der Waals surface area (Å²) in [5, 5.41) is 2.58. The van der Waals surface area contributed by atoms with Crippen LogP contribution in [0.5, 0.6) is 0 Å². The van der Waals surface area contributed by atoms with Gasteiger partial charge in [-0.05, 0) is 36.4 Å². The van der Waals surface area contributed by atoms with E-state index in [1.165, 1.54) is 30.2 Å². The lowest BCUT2D eigenvalue weighted by molar-refractivity contribution is -0.148. The molecule has 0 aliphatic rings. The Hall–Kier alpha value is -2.28. The van der Waals surface area contributed by atoms with Crippen molar-refractivity contribution in [1.82, 2.24) is 5.32 Å². The van der Waals surface area contributed by atoms with Crippen LogP contribution in [0.25, 0.3) is 0 Å². The van der Waals surface area contributed by atoms with Crippen molar-refractivity contribution in [3.05, 3.63) is 54.2 Å². The number of furan rings is 1. The molecular weight excluding hydrogens is 321 g/mol. The first kappa shape index (κ1) is 17.1. The Kier molecular flexibility index (Phi) is 6.68. The van der Waals surface area contributed by atoms with Crippen LogP contribution >= 0.6 is 11.8 Å². The van der Waals surface area contributed by atoms with Gasteiger partial charge in [-0.25, -0.2) is 4.39 Å². The molecule has 1 N–H and O–H groups in total. The van der Waals surface area contributed by atoms with Crippen LogP contribution in [-0.4, -0.2) is 24.2 Å². The molecule has 0 fully saturated rings. The van der Waals surface area contributed by atoms with E-state index in [2.05, 4.69) is 5.32 Å². The monoisotopic (exact) mass is 337 g/mol. The number of esters is 1. The first-order chi connectivity index (χ1) is 11.1. The minimum absolute atomic E-state index is 0.174. The Morgan fingerprint density at radius 3 is 2.70 bits per heavy atom. The van der Waals surface area contributed by atoms with Crippen molar-refractivity contribution in [1.29, 1.82) is 0 Å². The van der Waals surface area contributed by atoms with Gasteiger partial charge < -0.3 is 14.5 Å². The highest BCUT2D eigenvalue weighted by atomic mass is 32.2. The molecule has 0 saturated heterocycles. The number of carbonyl (C=O) groups is 2. The maximum atomic E-state index is 12.7.